The Morgan fingerprint density at radius 1 is 2.00 bits per heavy atom. The van der Waals surface area contributed by atoms with E-state index in [9.17, 15) is 4.79 Å². The molecule has 0 aromatic carbocycles. The molecule has 1 rings (SSSR count). The van der Waals surface area contributed by atoms with Crippen LogP contribution in [0.5, 0.6) is 0 Å². The van der Waals surface area contributed by atoms with Crippen LogP contribution in [0.15, 0.2) is 24.9 Å². The molecule has 1 heterocycles. The zero-order chi connectivity index (χ0) is 5.98. The van der Waals surface area contributed by atoms with Crippen LogP contribution in [0.25, 0.3) is 0 Å². The molecule has 42 valence electrons. The van der Waals surface area contributed by atoms with Crippen molar-refractivity contribution >= 4 is 5.97 Å². The maximum absolute atomic E-state index is 10.3. The van der Waals surface area contributed by atoms with Crippen molar-refractivity contribution in [3.8, 4) is 0 Å². The third kappa shape index (κ3) is 0.872. The molecule has 3 nitrogen and oxygen atoms in total. The second-order valence-corrected chi connectivity index (χ2v) is 1.17. The number of carbonyl (C=O) groups is 1. The van der Waals surface area contributed by atoms with Crippen molar-refractivity contribution in [2.45, 2.75) is 0 Å². The van der Waals surface area contributed by atoms with Gasteiger partial charge >= 0.3 is 5.97 Å². The topological polar surface area (TPSA) is 38.8 Å². The van der Waals surface area contributed by atoms with Crippen molar-refractivity contribution < 1.29 is 14.3 Å². The van der Waals surface area contributed by atoms with Crippen LogP contribution in [0.2, 0.25) is 0 Å². The van der Waals surface area contributed by atoms with E-state index in [1.54, 1.807) is 0 Å². The summed E-state index contributed by atoms with van der Waals surface area (Å²) in [4.78, 5) is 10.3. The predicted molar refractivity (Wildman–Crippen MR) is 25.5 cm³/mol. The van der Waals surface area contributed by atoms with Gasteiger partial charge in [0.05, 0.1) is 6.26 Å². The highest BCUT2D eigenvalue weighted by molar-refractivity contribution is 5.89. The van der Waals surface area contributed by atoms with E-state index < -0.39 is 5.97 Å². The van der Waals surface area contributed by atoms with Crippen molar-refractivity contribution in [3.05, 3.63) is 24.9 Å². The van der Waals surface area contributed by atoms with Crippen LogP contribution in [-0.4, -0.2) is 5.97 Å². The molecule has 0 radical (unpaired) electrons. The van der Waals surface area contributed by atoms with E-state index >= 15 is 0 Å². The van der Waals surface area contributed by atoms with E-state index in [2.05, 4.69) is 16.1 Å². The third-order valence-electron chi connectivity index (χ3n) is 0.627. The summed E-state index contributed by atoms with van der Waals surface area (Å²) in [5, 5.41) is 0. The van der Waals surface area contributed by atoms with E-state index in [4.69, 9.17) is 0 Å². The Bertz CT molecular complexity index is 157. The summed E-state index contributed by atoms with van der Waals surface area (Å²) in [5.74, 6) is -0.232. The molecule has 0 aromatic rings. The quantitative estimate of drug-likeness (QED) is 0.386. The molecular formula is C5H4O3. The van der Waals surface area contributed by atoms with Gasteiger partial charge in [0.1, 0.15) is 6.26 Å². The number of rotatable bonds is 2. The Morgan fingerprint density at radius 3 is 3.00 bits per heavy atom. The molecule has 0 spiro atoms. The lowest BCUT2D eigenvalue weighted by Crippen LogP contribution is -1.95. The van der Waals surface area contributed by atoms with Crippen LogP contribution in [0.4, 0.5) is 0 Å². The van der Waals surface area contributed by atoms with E-state index in [1.165, 1.54) is 6.26 Å². The smallest absolute Gasteiger partial charge is 0.382 e. The molecule has 0 saturated carbocycles. The zero-order valence-electron chi connectivity index (χ0n) is 4.09. The lowest BCUT2D eigenvalue weighted by molar-refractivity contribution is -0.134. The van der Waals surface area contributed by atoms with Crippen molar-refractivity contribution in [2.75, 3.05) is 0 Å². The van der Waals surface area contributed by atoms with Gasteiger partial charge in [0.25, 0.3) is 0 Å². The van der Waals surface area contributed by atoms with Crippen LogP contribution < -0.4 is 0 Å². The minimum atomic E-state index is -0.486. The van der Waals surface area contributed by atoms with Gasteiger partial charge in [0.15, 0.2) is 0 Å². The van der Waals surface area contributed by atoms with Crippen molar-refractivity contribution in [2.24, 2.45) is 0 Å². The first kappa shape index (κ1) is 4.90. The molecule has 0 atom stereocenters. The Balaban J connectivity index is 2.34. The second-order valence-electron chi connectivity index (χ2n) is 1.17. The van der Waals surface area contributed by atoms with E-state index in [0.29, 0.717) is 0 Å². The van der Waals surface area contributed by atoms with Crippen molar-refractivity contribution in [1.82, 2.24) is 0 Å². The van der Waals surface area contributed by atoms with Gasteiger partial charge in [-0.15, -0.1) is 0 Å². The second kappa shape index (κ2) is 1.69. The first-order valence-electron chi connectivity index (χ1n) is 2.03. The molecule has 0 amide bonds. The maximum Gasteiger partial charge on any atom is 0.382 e. The average molecular weight is 112 g/mol. The van der Waals surface area contributed by atoms with Gasteiger partial charge in [-0.05, 0) is 0 Å². The fourth-order valence-corrected chi connectivity index (χ4v) is 0.259. The fraction of sp³-hybridized carbons (Fsp3) is 0. The summed E-state index contributed by atoms with van der Waals surface area (Å²) in [6.07, 6.45) is 2.37. The highest BCUT2D eigenvalue weighted by Crippen LogP contribution is 2.13. The fourth-order valence-electron chi connectivity index (χ4n) is 0.259. The van der Waals surface area contributed by atoms with Gasteiger partial charge in [-0.3, -0.25) is 0 Å². The third-order valence-corrected chi connectivity index (χ3v) is 0.627. The molecule has 0 bridgehead atoms. The number of carbonyl (C=O) groups excluding carboxylic acids is 1. The summed E-state index contributed by atoms with van der Waals surface area (Å²) in [6, 6.07) is 0. The SMILES string of the molecule is C=COC(=O)C1=CO1. The summed E-state index contributed by atoms with van der Waals surface area (Å²) >= 11 is 0. The lowest BCUT2D eigenvalue weighted by atomic mass is 10.6. The van der Waals surface area contributed by atoms with E-state index in [0.717, 1.165) is 6.26 Å². The van der Waals surface area contributed by atoms with Gasteiger partial charge in [-0.25, -0.2) is 4.79 Å². The monoisotopic (exact) mass is 112 g/mol. The number of hydrogen-bond acceptors (Lipinski definition) is 3. The molecule has 0 fully saturated rings. The number of ether oxygens (including phenoxy) is 2. The highest BCUT2D eigenvalue weighted by Gasteiger charge is 2.20. The van der Waals surface area contributed by atoms with Gasteiger partial charge in [0, 0.05) is 0 Å². The molecule has 0 N–H and O–H groups in total. The lowest BCUT2D eigenvalue weighted by Gasteiger charge is -1.86. The largest absolute Gasteiger partial charge is 0.450 e. The molecule has 1 aliphatic rings. The number of hydrogen-bond donors (Lipinski definition) is 0. The summed E-state index contributed by atoms with van der Waals surface area (Å²) in [6.45, 7) is 3.18. The minimum absolute atomic E-state index is 0.255. The first-order valence-corrected chi connectivity index (χ1v) is 2.03. The molecule has 8 heavy (non-hydrogen) atoms. The van der Waals surface area contributed by atoms with Crippen molar-refractivity contribution in [3.63, 3.8) is 0 Å². The average Bonchev–Trinajstić information content (AvgIpc) is 2.45. The minimum Gasteiger partial charge on any atom is -0.450 e. The Morgan fingerprint density at radius 2 is 2.62 bits per heavy atom. The van der Waals surface area contributed by atoms with Crippen LogP contribution in [0.3, 0.4) is 0 Å². The normalized spacial score (nSPS) is 13.2. The van der Waals surface area contributed by atoms with Crippen molar-refractivity contribution in [1.29, 1.82) is 0 Å². The molecule has 0 aliphatic carbocycles. The molecule has 0 aromatic heterocycles. The summed E-state index contributed by atoms with van der Waals surface area (Å²) < 4.78 is 8.69. The van der Waals surface area contributed by atoms with Gasteiger partial charge < -0.3 is 9.47 Å². The standard InChI is InChI=1S/C5H4O3/c1-2-7-5(6)4-3-8-4/h2-3H,1H2. The summed E-state index contributed by atoms with van der Waals surface area (Å²) in [5.41, 5.74) is 0. The van der Waals surface area contributed by atoms with E-state index in [1.807, 2.05) is 0 Å². The van der Waals surface area contributed by atoms with Crippen LogP contribution >= 0.6 is 0 Å². The van der Waals surface area contributed by atoms with Crippen LogP contribution in [0, 0.1) is 0 Å². The summed E-state index contributed by atoms with van der Waals surface area (Å²) in [7, 11) is 0. The van der Waals surface area contributed by atoms with Gasteiger partial charge in [-0.1, -0.05) is 6.58 Å². The molecule has 3 heteroatoms. The van der Waals surface area contributed by atoms with Gasteiger partial charge in [0.2, 0.25) is 5.76 Å². The van der Waals surface area contributed by atoms with Crippen LogP contribution in [0.1, 0.15) is 0 Å². The van der Waals surface area contributed by atoms with E-state index in [-0.39, 0.29) is 5.76 Å². The van der Waals surface area contributed by atoms with Gasteiger partial charge in [-0.2, -0.15) is 0 Å². The van der Waals surface area contributed by atoms with Crippen LogP contribution in [-0.2, 0) is 14.3 Å². The molecular weight excluding hydrogens is 108 g/mol. The Kier molecular flexibility index (Phi) is 1.04. The Labute approximate surface area is 46.2 Å². The molecule has 1 aliphatic heterocycles. The maximum atomic E-state index is 10.3. The molecule has 0 saturated heterocycles. The highest BCUT2D eigenvalue weighted by atomic mass is 16.6. The first-order chi connectivity index (χ1) is 3.84. The molecule has 0 unspecified atom stereocenters. The number of esters is 1. The Hall–Kier alpha value is -1.25. The zero-order valence-corrected chi connectivity index (χ0v) is 4.09. The predicted octanol–water partition coefficient (Wildman–Crippen LogP) is 0.545.